The normalized spacial score (nSPS) is 45.7. The minimum absolute atomic E-state index is 0.562. The monoisotopic (exact) mass is 182 g/mol. The summed E-state index contributed by atoms with van der Waals surface area (Å²) < 4.78 is 5.61. The third-order valence-corrected chi connectivity index (χ3v) is 3.68. The van der Waals surface area contributed by atoms with Crippen LogP contribution in [0.2, 0.25) is 0 Å². The highest BCUT2D eigenvalue weighted by atomic mass is 16.5. The van der Waals surface area contributed by atoms with Gasteiger partial charge in [-0.2, -0.15) is 0 Å². The third kappa shape index (κ3) is 1.39. The molecule has 13 heavy (non-hydrogen) atoms. The van der Waals surface area contributed by atoms with E-state index in [2.05, 4.69) is 10.2 Å². The molecule has 74 valence electrons. The van der Waals surface area contributed by atoms with Crippen LogP contribution in [0.1, 0.15) is 19.3 Å². The number of morpholine rings is 1. The molecule has 0 aromatic carbocycles. The molecule has 0 aromatic heterocycles. The highest BCUT2D eigenvalue weighted by Gasteiger charge is 2.41. The van der Waals surface area contributed by atoms with E-state index < -0.39 is 0 Å². The largest absolute Gasteiger partial charge is 0.375 e. The first kappa shape index (κ1) is 8.21. The van der Waals surface area contributed by atoms with Crippen LogP contribution in [0.4, 0.5) is 0 Å². The van der Waals surface area contributed by atoms with Crippen molar-refractivity contribution in [3.05, 3.63) is 0 Å². The molecule has 3 rings (SSSR count). The van der Waals surface area contributed by atoms with E-state index in [0.29, 0.717) is 6.10 Å². The van der Waals surface area contributed by atoms with Crippen LogP contribution in [0.3, 0.4) is 0 Å². The molecule has 3 atom stereocenters. The molecule has 3 aliphatic heterocycles. The molecule has 3 heterocycles. The second-order valence-electron chi connectivity index (χ2n) is 4.54. The van der Waals surface area contributed by atoms with Gasteiger partial charge in [0, 0.05) is 25.2 Å². The van der Waals surface area contributed by atoms with E-state index in [1.54, 1.807) is 0 Å². The van der Waals surface area contributed by atoms with Crippen molar-refractivity contribution in [3.8, 4) is 0 Å². The first-order valence-corrected chi connectivity index (χ1v) is 5.51. The number of piperidine rings is 1. The lowest BCUT2D eigenvalue weighted by Crippen LogP contribution is -2.50. The summed E-state index contributed by atoms with van der Waals surface area (Å²) in [5.74, 6) is 0. The zero-order valence-electron chi connectivity index (χ0n) is 8.04. The fourth-order valence-corrected chi connectivity index (χ4v) is 2.99. The van der Waals surface area contributed by atoms with Gasteiger partial charge in [-0.1, -0.05) is 0 Å². The van der Waals surface area contributed by atoms with Gasteiger partial charge in [-0.3, -0.25) is 4.90 Å². The Morgan fingerprint density at radius 1 is 1.31 bits per heavy atom. The molecule has 3 aliphatic rings. The van der Waals surface area contributed by atoms with Crippen LogP contribution >= 0.6 is 0 Å². The molecule has 0 aliphatic carbocycles. The lowest BCUT2D eigenvalue weighted by atomic mass is 10.1. The molecule has 0 spiro atoms. The fraction of sp³-hybridized carbons (Fsp3) is 1.00. The van der Waals surface area contributed by atoms with E-state index in [-0.39, 0.29) is 0 Å². The Bertz CT molecular complexity index is 191. The maximum Gasteiger partial charge on any atom is 0.0718 e. The predicted molar refractivity (Wildman–Crippen MR) is 50.7 cm³/mol. The number of nitrogens with zero attached hydrogens (tertiary/aromatic N) is 1. The Morgan fingerprint density at radius 2 is 2.31 bits per heavy atom. The van der Waals surface area contributed by atoms with E-state index in [4.69, 9.17) is 4.74 Å². The van der Waals surface area contributed by atoms with Gasteiger partial charge in [0.2, 0.25) is 0 Å². The molecule has 3 fully saturated rings. The minimum atomic E-state index is 0.562. The number of fused-ring (bicyclic) bond motifs is 2. The Morgan fingerprint density at radius 3 is 2.92 bits per heavy atom. The second kappa shape index (κ2) is 3.23. The maximum atomic E-state index is 5.61. The zero-order chi connectivity index (χ0) is 8.67. The molecule has 3 unspecified atom stereocenters. The minimum Gasteiger partial charge on any atom is -0.375 e. The molecule has 1 N–H and O–H groups in total. The summed E-state index contributed by atoms with van der Waals surface area (Å²) in [6.07, 6.45) is 4.58. The van der Waals surface area contributed by atoms with Crippen LogP contribution in [0.15, 0.2) is 0 Å². The standard InChI is InChI=1S/C10H18N2O/c1-2-8(5-11-3-1)12-6-10-4-9(12)7-13-10/h8-11H,1-7H2. The van der Waals surface area contributed by atoms with Gasteiger partial charge in [-0.05, 0) is 25.8 Å². The van der Waals surface area contributed by atoms with Gasteiger partial charge < -0.3 is 10.1 Å². The lowest BCUT2D eigenvalue weighted by molar-refractivity contribution is 0.00676. The van der Waals surface area contributed by atoms with Crippen molar-refractivity contribution in [1.29, 1.82) is 0 Å². The van der Waals surface area contributed by atoms with Crippen LogP contribution in [0, 0.1) is 0 Å². The molecule has 2 bridgehead atoms. The zero-order valence-corrected chi connectivity index (χ0v) is 8.04. The van der Waals surface area contributed by atoms with E-state index in [9.17, 15) is 0 Å². The Hall–Kier alpha value is -0.120. The van der Waals surface area contributed by atoms with Crippen molar-refractivity contribution >= 4 is 0 Å². The van der Waals surface area contributed by atoms with Gasteiger partial charge in [0.05, 0.1) is 12.7 Å². The predicted octanol–water partition coefficient (Wildman–Crippen LogP) is 0.211. The molecule has 0 saturated carbocycles. The molecule has 3 nitrogen and oxygen atoms in total. The first-order chi connectivity index (χ1) is 6.43. The Labute approximate surface area is 79.4 Å². The van der Waals surface area contributed by atoms with Gasteiger partial charge in [-0.15, -0.1) is 0 Å². The molecule has 3 heteroatoms. The summed E-state index contributed by atoms with van der Waals surface area (Å²) in [4.78, 5) is 2.68. The van der Waals surface area contributed by atoms with Crippen molar-refractivity contribution in [1.82, 2.24) is 10.2 Å². The second-order valence-corrected chi connectivity index (χ2v) is 4.54. The number of hydrogen-bond donors (Lipinski definition) is 1. The summed E-state index contributed by atoms with van der Waals surface area (Å²) in [6, 6.07) is 1.54. The smallest absolute Gasteiger partial charge is 0.0718 e. The third-order valence-electron chi connectivity index (χ3n) is 3.68. The van der Waals surface area contributed by atoms with Crippen LogP contribution in [0.5, 0.6) is 0 Å². The summed E-state index contributed by atoms with van der Waals surface area (Å²) >= 11 is 0. The topological polar surface area (TPSA) is 24.5 Å². The van der Waals surface area contributed by atoms with Crippen molar-refractivity contribution in [2.24, 2.45) is 0 Å². The van der Waals surface area contributed by atoms with E-state index in [0.717, 1.165) is 18.7 Å². The van der Waals surface area contributed by atoms with Crippen LogP contribution < -0.4 is 5.32 Å². The van der Waals surface area contributed by atoms with Gasteiger partial charge in [0.15, 0.2) is 0 Å². The summed E-state index contributed by atoms with van der Waals surface area (Å²) in [6.45, 7) is 4.59. The fourth-order valence-electron chi connectivity index (χ4n) is 2.99. The average molecular weight is 182 g/mol. The maximum absolute atomic E-state index is 5.61. The summed E-state index contributed by atoms with van der Waals surface area (Å²) in [7, 11) is 0. The lowest BCUT2D eigenvalue weighted by Gasteiger charge is -2.37. The van der Waals surface area contributed by atoms with Gasteiger partial charge >= 0.3 is 0 Å². The highest BCUT2D eigenvalue weighted by Crippen LogP contribution is 2.30. The highest BCUT2D eigenvalue weighted by molar-refractivity contribution is 4.95. The van der Waals surface area contributed by atoms with Gasteiger partial charge in [-0.25, -0.2) is 0 Å². The van der Waals surface area contributed by atoms with E-state index in [1.165, 1.54) is 38.9 Å². The van der Waals surface area contributed by atoms with Crippen LogP contribution in [-0.4, -0.2) is 49.3 Å². The number of hydrogen-bond acceptors (Lipinski definition) is 3. The summed E-state index contributed by atoms with van der Waals surface area (Å²) in [5.41, 5.74) is 0. The number of ether oxygens (including phenoxy) is 1. The van der Waals surface area contributed by atoms with Crippen LogP contribution in [0.25, 0.3) is 0 Å². The molecule has 3 saturated heterocycles. The van der Waals surface area contributed by atoms with Crippen molar-refractivity contribution in [3.63, 3.8) is 0 Å². The van der Waals surface area contributed by atoms with Crippen molar-refractivity contribution < 1.29 is 4.74 Å². The van der Waals surface area contributed by atoms with Crippen molar-refractivity contribution in [2.75, 3.05) is 26.2 Å². The van der Waals surface area contributed by atoms with Gasteiger partial charge in [0.25, 0.3) is 0 Å². The molecule has 0 aromatic rings. The number of rotatable bonds is 1. The number of likely N-dealkylation sites (tertiary alicyclic amines) is 1. The Balaban J connectivity index is 1.65. The molecule has 0 radical (unpaired) electrons. The van der Waals surface area contributed by atoms with Gasteiger partial charge in [0.1, 0.15) is 0 Å². The number of nitrogens with one attached hydrogen (secondary N) is 1. The van der Waals surface area contributed by atoms with E-state index in [1.807, 2.05) is 0 Å². The van der Waals surface area contributed by atoms with E-state index >= 15 is 0 Å². The molecular weight excluding hydrogens is 164 g/mol. The molecule has 0 amide bonds. The quantitative estimate of drug-likeness (QED) is 0.627. The molecular formula is C10H18N2O. The van der Waals surface area contributed by atoms with Crippen LogP contribution in [-0.2, 0) is 4.74 Å². The first-order valence-electron chi connectivity index (χ1n) is 5.51. The van der Waals surface area contributed by atoms with Crippen molar-refractivity contribution in [2.45, 2.75) is 37.5 Å². The summed E-state index contributed by atoms with van der Waals surface area (Å²) in [5, 5.41) is 3.49. The average Bonchev–Trinajstić information content (AvgIpc) is 2.80. The Kier molecular flexibility index (Phi) is 2.04. The SMILES string of the molecule is C1CNCC(N2CC3CC2CO3)C1.